The molecule has 1 amide bonds. The van der Waals surface area contributed by atoms with Crippen LogP contribution in [0.3, 0.4) is 0 Å². The summed E-state index contributed by atoms with van der Waals surface area (Å²) in [7, 11) is 1.60. The van der Waals surface area contributed by atoms with E-state index in [1.54, 1.807) is 7.05 Å². The highest BCUT2D eigenvalue weighted by molar-refractivity contribution is 5.85. The van der Waals surface area contributed by atoms with E-state index in [-0.39, 0.29) is 30.7 Å². The first-order valence-corrected chi connectivity index (χ1v) is 6.86. The average Bonchev–Trinajstić information content (AvgIpc) is 2.94. The van der Waals surface area contributed by atoms with Gasteiger partial charge in [-0.3, -0.25) is 14.9 Å². The van der Waals surface area contributed by atoms with Crippen molar-refractivity contribution >= 4 is 30.7 Å². The van der Waals surface area contributed by atoms with Gasteiger partial charge in [-0.25, -0.2) is 0 Å². The third kappa shape index (κ3) is 8.26. The molecule has 10 heteroatoms. The minimum atomic E-state index is -0.526. The van der Waals surface area contributed by atoms with Gasteiger partial charge in [-0.15, -0.1) is 24.8 Å². The van der Waals surface area contributed by atoms with Gasteiger partial charge < -0.3 is 21.3 Å². The summed E-state index contributed by atoms with van der Waals surface area (Å²) in [5.41, 5.74) is 5.87. The average molecular weight is 358 g/mol. The van der Waals surface area contributed by atoms with E-state index in [2.05, 4.69) is 10.6 Å². The molecule has 0 aromatic rings. The van der Waals surface area contributed by atoms with Gasteiger partial charge in [0.25, 0.3) is 6.20 Å². The zero-order chi connectivity index (χ0) is 15.0. The highest BCUT2D eigenvalue weighted by atomic mass is 35.5. The molecular weight excluding hydrogens is 333 g/mol. The zero-order valence-corrected chi connectivity index (χ0v) is 14.3. The lowest BCUT2D eigenvalue weighted by atomic mass is 10.1. The van der Waals surface area contributed by atoms with Crippen molar-refractivity contribution in [2.75, 3.05) is 26.7 Å². The van der Waals surface area contributed by atoms with Crippen LogP contribution in [0.5, 0.6) is 0 Å². The Morgan fingerprint density at radius 1 is 1.41 bits per heavy atom. The first-order valence-electron chi connectivity index (χ1n) is 6.86. The Morgan fingerprint density at radius 2 is 2.00 bits per heavy atom. The molecule has 0 saturated carbocycles. The van der Waals surface area contributed by atoms with E-state index in [0.29, 0.717) is 25.2 Å². The molecule has 4 N–H and O–H groups in total. The summed E-state index contributed by atoms with van der Waals surface area (Å²) in [4.78, 5) is 23.6. The van der Waals surface area contributed by atoms with Crippen molar-refractivity contribution < 1.29 is 9.72 Å². The van der Waals surface area contributed by atoms with Gasteiger partial charge in [-0.05, 0) is 25.7 Å². The number of amides is 1. The van der Waals surface area contributed by atoms with Gasteiger partial charge in [0.15, 0.2) is 5.82 Å². The second-order valence-corrected chi connectivity index (χ2v) is 4.79. The summed E-state index contributed by atoms with van der Waals surface area (Å²) in [5, 5.41) is 15.9. The molecule has 1 rings (SSSR count). The molecule has 1 aliphatic heterocycles. The number of nitrogens with one attached hydrogen (secondary N) is 2. The molecular formula is C12H25Cl2N5O3. The monoisotopic (exact) mass is 357 g/mol. The lowest BCUT2D eigenvalue weighted by Crippen LogP contribution is -2.42. The van der Waals surface area contributed by atoms with Gasteiger partial charge in [-0.1, -0.05) is 0 Å². The van der Waals surface area contributed by atoms with Crippen molar-refractivity contribution in [3.05, 3.63) is 22.1 Å². The molecule has 130 valence electrons. The van der Waals surface area contributed by atoms with Crippen LogP contribution in [0.15, 0.2) is 12.0 Å². The van der Waals surface area contributed by atoms with Crippen molar-refractivity contribution in [2.45, 2.75) is 31.7 Å². The molecule has 0 radical (unpaired) electrons. The number of hydrogen-bond donors (Lipinski definition) is 3. The first-order chi connectivity index (χ1) is 9.54. The molecule has 1 aliphatic rings. The number of hydrogen-bond acceptors (Lipinski definition) is 6. The quantitative estimate of drug-likeness (QED) is 0.330. The maximum absolute atomic E-state index is 11.9. The molecule has 8 nitrogen and oxygen atoms in total. The summed E-state index contributed by atoms with van der Waals surface area (Å²) in [5.74, 6) is 0.353. The molecule has 22 heavy (non-hydrogen) atoms. The van der Waals surface area contributed by atoms with E-state index in [4.69, 9.17) is 5.73 Å². The van der Waals surface area contributed by atoms with Crippen LogP contribution in [-0.2, 0) is 4.79 Å². The van der Waals surface area contributed by atoms with E-state index in [1.165, 1.54) is 0 Å². The fourth-order valence-corrected chi connectivity index (χ4v) is 2.14. The topological polar surface area (TPSA) is 114 Å². The van der Waals surface area contributed by atoms with Crippen LogP contribution in [0, 0.1) is 10.1 Å². The van der Waals surface area contributed by atoms with Crippen LogP contribution in [0.25, 0.3) is 0 Å². The molecule has 1 atom stereocenters. The van der Waals surface area contributed by atoms with Crippen LogP contribution in [-0.4, -0.2) is 48.5 Å². The van der Waals surface area contributed by atoms with Gasteiger partial charge in [-0.2, -0.15) is 0 Å². The predicted molar refractivity (Wildman–Crippen MR) is 89.7 cm³/mol. The van der Waals surface area contributed by atoms with E-state index in [1.807, 2.05) is 4.90 Å². The van der Waals surface area contributed by atoms with Crippen molar-refractivity contribution in [3.63, 3.8) is 0 Å². The summed E-state index contributed by atoms with van der Waals surface area (Å²) in [6.45, 7) is 2.14. The third-order valence-corrected chi connectivity index (χ3v) is 3.25. The van der Waals surface area contributed by atoms with Crippen molar-refractivity contribution in [1.82, 2.24) is 15.5 Å². The Hall–Kier alpha value is -1.25. The number of nitrogens with two attached hydrogens (primary N) is 1. The van der Waals surface area contributed by atoms with Crippen molar-refractivity contribution in [3.8, 4) is 0 Å². The Morgan fingerprint density at radius 3 is 2.50 bits per heavy atom. The Labute approximate surface area is 142 Å². The molecule has 0 unspecified atom stereocenters. The van der Waals surface area contributed by atoms with E-state index < -0.39 is 11.0 Å². The number of carbonyl (C=O) groups is 1. The second-order valence-electron chi connectivity index (χ2n) is 4.79. The van der Waals surface area contributed by atoms with Crippen LogP contribution in [0.1, 0.15) is 25.7 Å². The first kappa shape index (κ1) is 23.0. The number of rotatable bonds is 8. The smallest absolute Gasteiger partial charge is 0.274 e. The largest absolute Gasteiger partial charge is 0.370 e. The lowest BCUT2D eigenvalue weighted by molar-refractivity contribution is -0.404. The van der Waals surface area contributed by atoms with E-state index in [0.717, 1.165) is 32.1 Å². The van der Waals surface area contributed by atoms with Gasteiger partial charge in [0, 0.05) is 26.7 Å². The van der Waals surface area contributed by atoms with Crippen LogP contribution in [0.4, 0.5) is 0 Å². The predicted octanol–water partition coefficient (Wildman–Crippen LogP) is 0.444. The molecule has 1 fully saturated rings. The Kier molecular flexibility index (Phi) is 12.9. The lowest BCUT2D eigenvalue weighted by Gasteiger charge is -2.20. The fourth-order valence-electron chi connectivity index (χ4n) is 2.14. The van der Waals surface area contributed by atoms with Crippen molar-refractivity contribution in [1.29, 1.82) is 0 Å². The number of carbonyl (C=O) groups excluding carboxylic acids is 1. The highest BCUT2D eigenvalue weighted by Crippen LogP contribution is 2.10. The molecule has 0 spiro atoms. The highest BCUT2D eigenvalue weighted by Gasteiger charge is 2.22. The summed E-state index contributed by atoms with van der Waals surface area (Å²) >= 11 is 0. The molecule has 0 aromatic heterocycles. The maximum Gasteiger partial charge on any atom is 0.274 e. The molecule has 1 saturated heterocycles. The van der Waals surface area contributed by atoms with Gasteiger partial charge in [0.1, 0.15) is 0 Å². The number of nitrogens with zero attached hydrogens (tertiary/aromatic N) is 2. The van der Waals surface area contributed by atoms with Gasteiger partial charge in [0.2, 0.25) is 5.91 Å². The van der Waals surface area contributed by atoms with Crippen LogP contribution < -0.4 is 16.4 Å². The standard InChI is InChI=1S/C12H23N5O3.2ClH/c1-14-11(9-17(19)20)15-6-4-5-10(13)12(18)16-7-2-3-8-16;;/h9-10,14-15H,2-8,13H2,1H3;2*1H/t10-;;/m0../s1. The second kappa shape index (κ2) is 12.3. The zero-order valence-electron chi connectivity index (χ0n) is 12.6. The normalized spacial score (nSPS) is 15.4. The third-order valence-electron chi connectivity index (χ3n) is 3.25. The van der Waals surface area contributed by atoms with E-state index in [9.17, 15) is 14.9 Å². The summed E-state index contributed by atoms with van der Waals surface area (Å²) in [6.07, 6.45) is 4.22. The summed E-state index contributed by atoms with van der Waals surface area (Å²) in [6, 6.07) is -0.479. The molecule has 0 aliphatic carbocycles. The number of likely N-dealkylation sites (tertiary alicyclic amines) is 1. The van der Waals surface area contributed by atoms with Crippen molar-refractivity contribution in [2.24, 2.45) is 5.73 Å². The summed E-state index contributed by atoms with van der Waals surface area (Å²) < 4.78 is 0. The molecule has 1 heterocycles. The fraction of sp³-hybridized carbons (Fsp3) is 0.750. The Bertz CT molecular complexity index is 376. The van der Waals surface area contributed by atoms with Crippen LogP contribution >= 0.6 is 24.8 Å². The number of halogens is 2. The molecule has 0 aromatic carbocycles. The van der Waals surface area contributed by atoms with Crippen LogP contribution in [0.2, 0.25) is 0 Å². The minimum Gasteiger partial charge on any atom is -0.370 e. The minimum absolute atomic E-state index is 0. The number of nitro groups is 1. The molecule has 0 bridgehead atoms. The van der Waals surface area contributed by atoms with E-state index >= 15 is 0 Å². The Balaban J connectivity index is 0. The SMILES string of the molecule is CNC(=C[N+](=O)[O-])NCCC[C@H](N)C(=O)N1CCCC1.Cl.Cl. The maximum atomic E-state index is 11.9. The van der Waals surface area contributed by atoms with Gasteiger partial charge >= 0.3 is 0 Å². The van der Waals surface area contributed by atoms with Gasteiger partial charge in [0.05, 0.1) is 11.0 Å².